The molecule has 0 saturated heterocycles. The van der Waals surface area contributed by atoms with Crippen molar-refractivity contribution >= 4 is 5.97 Å². The molecule has 0 amide bonds. The van der Waals surface area contributed by atoms with Gasteiger partial charge >= 0.3 is 5.97 Å². The first-order chi connectivity index (χ1) is 14.4. The van der Waals surface area contributed by atoms with Crippen molar-refractivity contribution in [1.82, 2.24) is 0 Å². The molecule has 1 aliphatic heterocycles. The normalized spacial score (nSPS) is 28.5. The van der Waals surface area contributed by atoms with Gasteiger partial charge in [0.15, 0.2) is 0 Å². The Morgan fingerprint density at radius 1 is 0.900 bits per heavy atom. The number of hydrogen-bond acceptors (Lipinski definition) is 6. The smallest absolute Gasteiger partial charge is 0.331 e. The highest BCUT2D eigenvalue weighted by Crippen LogP contribution is 2.12. The second-order valence-corrected chi connectivity index (χ2v) is 7.33. The van der Waals surface area contributed by atoms with Crippen LogP contribution in [0.4, 0.5) is 0 Å². The Morgan fingerprint density at radius 2 is 1.47 bits per heavy atom. The van der Waals surface area contributed by atoms with Gasteiger partial charge in [-0.05, 0) is 26.2 Å². The third kappa shape index (κ3) is 13.8. The zero-order chi connectivity index (χ0) is 22.2. The lowest BCUT2D eigenvalue weighted by Crippen LogP contribution is -2.26. The van der Waals surface area contributed by atoms with E-state index in [-0.39, 0.29) is 19.3 Å². The number of aliphatic hydroxyl groups excluding tert-OH is 4. The Morgan fingerprint density at radius 3 is 2.07 bits per heavy atom. The zero-order valence-corrected chi connectivity index (χ0v) is 17.5. The second kappa shape index (κ2) is 15.6. The lowest BCUT2D eigenvalue weighted by atomic mass is 10.1. The second-order valence-electron chi connectivity index (χ2n) is 7.33. The Bertz CT molecular complexity index is 657. The lowest BCUT2D eigenvalue weighted by Gasteiger charge is -2.20. The average Bonchev–Trinajstić information content (AvgIpc) is 2.65. The van der Waals surface area contributed by atoms with Gasteiger partial charge in [-0.2, -0.15) is 0 Å². The van der Waals surface area contributed by atoms with Crippen LogP contribution < -0.4 is 0 Å². The van der Waals surface area contributed by atoms with E-state index in [0.29, 0.717) is 12.8 Å². The maximum atomic E-state index is 12.0. The number of carbonyl (C=O) groups is 1. The predicted octanol–water partition coefficient (Wildman–Crippen LogP) is 2.66. The fourth-order valence-electron chi connectivity index (χ4n) is 2.84. The number of cyclic esters (lactones) is 1. The van der Waals surface area contributed by atoms with E-state index in [1.54, 1.807) is 61.6 Å². The van der Waals surface area contributed by atoms with Crippen molar-refractivity contribution in [3.63, 3.8) is 0 Å². The molecule has 6 heteroatoms. The third-order valence-electron chi connectivity index (χ3n) is 4.26. The minimum Gasteiger partial charge on any atom is -0.459 e. The Balaban J connectivity index is 2.84. The largest absolute Gasteiger partial charge is 0.459 e. The van der Waals surface area contributed by atoms with Crippen molar-refractivity contribution in [1.29, 1.82) is 0 Å². The molecule has 0 aromatic heterocycles. The summed E-state index contributed by atoms with van der Waals surface area (Å²) in [4.78, 5) is 12.0. The van der Waals surface area contributed by atoms with Gasteiger partial charge in [-0.15, -0.1) is 0 Å². The lowest BCUT2D eigenvalue weighted by molar-refractivity contribution is -0.145. The van der Waals surface area contributed by atoms with E-state index in [2.05, 4.69) is 0 Å². The van der Waals surface area contributed by atoms with Gasteiger partial charge in [0, 0.05) is 18.9 Å². The van der Waals surface area contributed by atoms with Crippen molar-refractivity contribution in [2.45, 2.75) is 69.5 Å². The number of allylic oxidation sites excluding steroid dienone is 8. The fraction of sp³-hybridized carbons (Fsp3) is 0.458. The molecule has 1 aliphatic rings. The molecule has 5 unspecified atom stereocenters. The number of esters is 1. The molecule has 4 N–H and O–H groups in total. The molecule has 0 spiro atoms. The summed E-state index contributed by atoms with van der Waals surface area (Å²) in [5.74, 6) is -0.554. The standard InChI is InChI=1S/C24H34O6/c1-19(25)16-23-18-22(28)14-10-5-2-4-8-12-20(26)17-21(27)13-9-6-3-7-11-15-24(29)30-23/h2-11,14-15,19-23,25-28H,12-13,16-18H2,1H3. The highest BCUT2D eigenvalue weighted by atomic mass is 16.5. The van der Waals surface area contributed by atoms with Crippen LogP contribution in [0.25, 0.3) is 0 Å². The number of ether oxygens (including phenoxy) is 1. The Hall–Kier alpha value is -2.25. The predicted molar refractivity (Wildman–Crippen MR) is 118 cm³/mol. The fourth-order valence-corrected chi connectivity index (χ4v) is 2.84. The molecular formula is C24H34O6. The van der Waals surface area contributed by atoms with Gasteiger partial charge in [0.25, 0.3) is 0 Å². The van der Waals surface area contributed by atoms with Gasteiger partial charge in [0.2, 0.25) is 0 Å². The summed E-state index contributed by atoms with van der Waals surface area (Å²) < 4.78 is 5.35. The zero-order valence-electron chi connectivity index (χ0n) is 17.5. The van der Waals surface area contributed by atoms with Crippen LogP contribution in [0.5, 0.6) is 0 Å². The molecule has 30 heavy (non-hydrogen) atoms. The Labute approximate surface area is 178 Å². The highest BCUT2D eigenvalue weighted by Gasteiger charge is 2.18. The van der Waals surface area contributed by atoms with Crippen LogP contribution in [0.1, 0.15) is 39.0 Å². The molecule has 0 aromatic rings. The van der Waals surface area contributed by atoms with Crippen molar-refractivity contribution in [3.8, 4) is 0 Å². The number of carbonyl (C=O) groups excluding carboxylic acids is 1. The molecular weight excluding hydrogens is 384 g/mol. The number of hydrogen-bond donors (Lipinski definition) is 4. The van der Waals surface area contributed by atoms with E-state index >= 15 is 0 Å². The van der Waals surface area contributed by atoms with Crippen molar-refractivity contribution in [2.24, 2.45) is 0 Å². The molecule has 6 nitrogen and oxygen atoms in total. The minimum atomic E-state index is -0.828. The summed E-state index contributed by atoms with van der Waals surface area (Å²) >= 11 is 0. The first-order valence-electron chi connectivity index (χ1n) is 10.3. The highest BCUT2D eigenvalue weighted by molar-refractivity contribution is 5.82. The van der Waals surface area contributed by atoms with Crippen LogP contribution in [-0.4, -0.2) is 56.9 Å². The van der Waals surface area contributed by atoms with Crippen LogP contribution in [0.2, 0.25) is 0 Å². The maximum absolute atomic E-state index is 12.0. The third-order valence-corrected chi connectivity index (χ3v) is 4.26. The molecule has 0 aromatic carbocycles. The molecule has 1 heterocycles. The quantitative estimate of drug-likeness (QED) is 0.514. The monoisotopic (exact) mass is 418 g/mol. The summed E-state index contributed by atoms with van der Waals surface area (Å²) in [6.45, 7) is 1.60. The summed E-state index contributed by atoms with van der Waals surface area (Å²) in [6, 6.07) is 0. The molecule has 0 fully saturated rings. The van der Waals surface area contributed by atoms with Gasteiger partial charge in [0.05, 0.1) is 24.4 Å². The van der Waals surface area contributed by atoms with Crippen LogP contribution in [-0.2, 0) is 9.53 Å². The first-order valence-corrected chi connectivity index (χ1v) is 10.3. The van der Waals surface area contributed by atoms with Crippen LogP contribution in [0.15, 0.2) is 72.9 Å². The van der Waals surface area contributed by atoms with E-state index in [9.17, 15) is 25.2 Å². The maximum Gasteiger partial charge on any atom is 0.331 e. The first kappa shape index (κ1) is 25.8. The average molecular weight is 419 g/mol. The summed E-state index contributed by atoms with van der Waals surface area (Å²) in [7, 11) is 0. The summed E-state index contributed by atoms with van der Waals surface area (Å²) in [6.07, 6.45) is 18.3. The minimum absolute atomic E-state index is 0.178. The van der Waals surface area contributed by atoms with E-state index in [0.717, 1.165) is 0 Å². The van der Waals surface area contributed by atoms with Crippen LogP contribution >= 0.6 is 0 Å². The van der Waals surface area contributed by atoms with Gasteiger partial charge in [-0.25, -0.2) is 4.79 Å². The molecule has 166 valence electrons. The van der Waals surface area contributed by atoms with Crippen molar-refractivity contribution in [3.05, 3.63) is 72.9 Å². The Kier molecular flexibility index (Phi) is 13.4. The number of aliphatic hydroxyl groups is 4. The van der Waals surface area contributed by atoms with Gasteiger partial charge in [0.1, 0.15) is 6.10 Å². The molecule has 0 aliphatic carbocycles. The summed E-state index contributed by atoms with van der Waals surface area (Å²) in [5.41, 5.74) is 0. The van der Waals surface area contributed by atoms with Crippen molar-refractivity contribution < 1.29 is 30.0 Å². The molecule has 0 bridgehead atoms. The molecule has 0 radical (unpaired) electrons. The van der Waals surface area contributed by atoms with Crippen molar-refractivity contribution in [2.75, 3.05) is 0 Å². The van der Waals surface area contributed by atoms with Gasteiger partial charge < -0.3 is 25.2 Å². The summed E-state index contributed by atoms with van der Waals surface area (Å²) in [5, 5.41) is 39.7. The van der Waals surface area contributed by atoms with Crippen LogP contribution in [0.3, 0.4) is 0 Å². The van der Waals surface area contributed by atoms with E-state index in [4.69, 9.17) is 4.74 Å². The number of rotatable bonds is 2. The van der Waals surface area contributed by atoms with Gasteiger partial charge in [-0.1, -0.05) is 66.8 Å². The molecule has 5 atom stereocenters. The van der Waals surface area contributed by atoms with E-state index < -0.39 is 36.5 Å². The van der Waals surface area contributed by atoms with E-state index in [1.807, 2.05) is 6.08 Å². The topological polar surface area (TPSA) is 107 Å². The van der Waals surface area contributed by atoms with Crippen LogP contribution in [0, 0.1) is 0 Å². The molecule has 1 rings (SSSR count). The van der Waals surface area contributed by atoms with E-state index in [1.165, 1.54) is 12.2 Å². The SMILES string of the molecule is CC(O)CC1CC(O)C=CC=CC=CCC(O)CC(O)CC=CC=CC=CC(=O)O1. The molecule has 0 saturated carbocycles. The van der Waals surface area contributed by atoms with Gasteiger partial charge in [-0.3, -0.25) is 0 Å².